The van der Waals surface area contributed by atoms with Crippen molar-refractivity contribution in [1.82, 2.24) is 15.1 Å². The van der Waals surface area contributed by atoms with Crippen LogP contribution in [-0.2, 0) is 0 Å². The largest absolute Gasteiger partial charge is 0.314 e. The Morgan fingerprint density at radius 1 is 1.13 bits per heavy atom. The molecule has 1 aliphatic rings. The minimum atomic E-state index is 0.981. The number of rotatable bonds is 8. The summed E-state index contributed by atoms with van der Waals surface area (Å²) in [5, 5.41) is 3.47. The predicted octanol–water partition coefficient (Wildman–Crippen LogP) is 0.725. The summed E-state index contributed by atoms with van der Waals surface area (Å²) >= 11 is 0. The minimum absolute atomic E-state index is 0.981. The minimum Gasteiger partial charge on any atom is -0.314 e. The van der Waals surface area contributed by atoms with Gasteiger partial charge in [0.05, 0.1) is 0 Å². The van der Waals surface area contributed by atoms with Gasteiger partial charge in [-0.05, 0) is 39.4 Å². The molecule has 0 radical (unpaired) electrons. The van der Waals surface area contributed by atoms with E-state index in [4.69, 9.17) is 0 Å². The molecule has 1 rings (SSSR count). The van der Waals surface area contributed by atoms with Gasteiger partial charge in [-0.2, -0.15) is 0 Å². The maximum Gasteiger partial charge on any atom is 0.0104 e. The molecule has 1 N–H and O–H groups in total. The van der Waals surface area contributed by atoms with Gasteiger partial charge in [0.25, 0.3) is 0 Å². The second kappa shape index (κ2) is 6.46. The molecule has 0 aromatic carbocycles. The first kappa shape index (κ1) is 12.9. The van der Waals surface area contributed by atoms with Crippen LogP contribution in [0.1, 0.15) is 13.3 Å². The summed E-state index contributed by atoms with van der Waals surface area (Å²) in [6, 6.07) is 0. The third kappa shape index (κ3) is 6.13. The Labute approximate surface area is 94.8 Å². The third-order valence-corrected chi connectivity index (χ3v) is 3.23. The first-order valence-electron chi connectivity index (χ1n) is 6.13. The average molecular weight is 213 g/mol. The molecule has 0 aromatic rings. The highest BCUT2D eigenvalue weighted by Crippen LogP contribution is 2.37. The van der Waals surface area contributed by atoms with E-state index in [-0.39, 0.29) is 0 Å². The Hall–Kier alpha value is -0.120. The maximum atomic E-state index is 3.47. The van der Waals surface area contributed by atoms with E-state index in [0.29, 0.717) is 0 Å². The Balaban J connectivity index is 1.86. The highest BCUT2D eigenvalue weighted by atomic mass is 15.1. The van der Waals surface area contributed by atoms with E-state index in [9.17, 15) is 0 Å². The molecule has 0 aliphatic heterocycles. The van der Waals surface area contributed by atoms with Crippen LogP contribution in [0.15, 0.2) is 0 Å². The summed E-state index contributed by atoms with van der Waals surface area (Å²) in [7, 11) is 6.46. The predicted molar refractivity (Wildman–Crippen MR) is 66.2 cm³/mol. The molecule has 3 nitrogen and oxygen atoms in total. The molecule has 2 atom stereocenters. The van der Waals surface area contributed by atoms with Gasteiger partial charge in [-0.15, -0.1) is 0 Å². The molecule has 1 fully saturated rings. The quantitative estimate of drug-likeness (QED) is 0.600. The van der Waals surface area contributed by atoms with E-state index in [1.54, 1.807) is 0 Å². The van der Waals surface area contributed by atoms with Gasteiger partial charge in [-0.1, -0.05) is 6.92 Å². The number of hydrogen-bond donors (Lipinski definition) is 1. The Bertz CT molecular complexity index is 170. The fourth-order valence-electron chi connectivity index (χ4n) is 1.84. The van der Waals surface area contributed by atoms with E-state index in [2.05, 4.69) is 43.2 Å². The van der Waals surface area contributed by atoms with E-state index in [0.717, 1.165) is 31.5 Å². The van der Waals surface area contributed by atoms with Crippen molar-refractivity contribution in [2.24, 2.45) is 11.8 Å². The van der Waals surface area contributed by atoms with Crippen LogP contribution in [0.3, 0.4) is 0 Å². The standard InChI is InChI=1S/C12H27N3/c1-11-9-12(11)10-15(4)8-6-13-5-7-14(2)3/h11-13H,5-10H2,1-4H3. The SMILES string of the molecule is CC1CC1CN(C)CCNCCN(C)C. The first-order valence-corrected chi connectivity index (χ1v) is 6.13. The number of nitrogens with one attached hydrogen (secondary N) is 1. The van der Waals surface area contributed by atoms with Crippen molar-refractivity contribution in [2.45, 2.75) is 13.3 Å². The van der Waals surface area contributed by atoms with Crippen LogP contribution in [-0.4, -0.2) is 63.7 Å². The van der Waals surface area contributed by atoms with Gasteiger partial charge in [-0.3, -0.25) is 0 Å². The molecule has 3 heteroatoms. The zero-order valence-corrected chi connectivity index (χ0v) is 10.8. The summed E-state index contributed by atoms with van der Waals surface area (Å²) in [5.41, 5.74) is 0. The van der Waals surface area contributed by atoms with Crippen molar-refractivity contribution < 1.29 is 0 Å². The normalized spacial score (nSPS) is 25.2. The van der Waals surface area contributed by atoms with Crippen LogP contribution in [0.2, 0.25) is 0 Å². The molecule has 1 aliphatic carbocycles. The molecule has 15 heavy (non-hydrogen) atoms. The van der Waals surface area contributed by atoms with E-state index in [1.807, 2.05) is 0 Å². The number of nitrogens with zero attached hydrogens (tertiary/aromatic N) is 2. The zero-order valence-electron chi connectivity index (χ0n) is 10.8. The molecule has 2 unspecified atom stereocenters. The summed E-state index contributed by atoms with van der Waals surface area (Å²) in [4.78, 5) is 4.67. The van der Waals surface area contributed by atoms with Gasteiger partial charge in [-0.25, -0.2) is 0 Å². The first-order chi connectivity index (χ1) is 7.09. The highest BCUT2D eigenvalue weighted by molar-refractivity contribution is 4.84. The highest BCUT2D eigenvalue weighted by Gasteiger charge is 2.32. The lowest BCUT2D eigenvalue weighted by Crippen LogP contribution is -2.34. The van der Waals surface area contributed by atoms with Gasteiger partial charge < -0.3 is 15.1 Å². The van der Waals surface area contributed by atoms with Gasteiger partial charge in [0.1, 0.15) is 0 Å². The van der Waals surface area contributed by atoms with E-state index in [1.165, 1.54) is 19.5 Å². The Morgan fingerprint density at radius 2 is 1.73 bits per heavy atom. The topological polar surface area (TPSA) is 18.5 Å². The smallest absolute Gasteiger partial charge is 0.0104 e. The number of hydrogen-bond acceptors (Lipinski definition) is 3. The molecule has 90 valence electrons. The van der Waals surface area contributed by atoms with Crippen molar-refractivity contribution >= 4 is 0 Å². The molecule has 0 bridgehead atoms. The summed E-state index contributed by atoms with van der Waals surface area (Å²) in [6.45, 7) is 8.16. The molecule has 0 spiro atoms. The van der Waals surface area contributed by atoms with Crippen LogP contribution in [0.4, 0.5) is 0 Å². The van der Waals surface area contributed by atoms with Crippen LogP contribution >= 0.6 is 0 Å². The van der Waals surface area contributed by atoms with Crippen LogP contribution in [0.25, 0.3) is 0 Å². The molecular formula is C12H27N3. The van der Waals surface area contributed by atoms with Gasteiger partial charge in [0, 0.05) is 32.7 Å². The maximum absolute atomic E-state index is 3.47. The third-order valence-electron chi connectivity index (χ3n) is 3.23. The van der Waals surface area contributed by atoms with Crippen molar-refractivity contribution in [1.29, 1.82) is 0 Å². The summed E-state index contributed by atoms with van der Waals surface area (Å²) in [5.74, 6) is 1.96. The zero-order chi connectivity index (χ0) is 11.3. The summed E-state index contributed by atoms with van der Waals surface area (Å²) in [6.07, 6.45) is 1.44. The number of likely N-dealkylation sites (N-methyl/N-ethyl adjacent to an activating group) is 2. The van der Waals surface area contributed by atoms with Crippen LogP contribution < -0.4 is 5.32 Å². The van der Waals surface area contributed by atoms with Crippen LogP contribution in [0.5, 0.6) is 0 Å². The lowest BCUT2D eigenvalue weighted by Gasteiger charge is -2.17. The second-order valence-electron chi connectivity index (χ2n) is 5.29. The molecule has 0 saturated heterocycles. The fourth-order valence-corrected chi connectivity index (χ4v) is 1.84. The van der Waals surface area contributed by atoms with Crippen molar-refractivity contribution in [3.8, 4) is 0 Å². The second-order valence-corrected chi connectivity index (χ2v) is 5.29. The lowest BCUT2D eigenvalue weighted by molar-refractivity contribution is 0.309. The molecular weight excluding hydrogens is 186 g/mol. The molecule has 0 amide bonds. The molecule has 1 saturated carbocycles. The Kier molecular flexibility index (Phi) is 5.58. The van der Waals surface area contributed by atoms with E-state index >= 15 is 0 Å². The average Bonchev–Trinajstić information content (AvgIpc) is 2.80. The van der Waals surface area contributed by atoms with Crippen molar-refractivity contribution in [2.75, 3.05) is 53.9 Å². The molecule has 0 aromatic heterocycles. The molecule has 0 heterocycles. The van der Waals surface area contributed by atoms with Crippen molar-refractivity contribution in [3.63, 3.8) is 0 Å². The van der Waals surface area contributed by atoms with Gasteiger partial charge in [0.15, 0.2) is 0 Å². The van der Waals surface area contributed by atoms with Crippen LogP contribution in [0, 0.1) is 11.8 Å². The fraction of sp³-hybridized carbons (Fsp3) is 1.00. The lowest BCUT2D eigenvalue weighted by atomic mass is 10.3. The monoisotopic (exact) mass is 213 g/mol. The van der Waals surface area contributed by atoms with E-state index < -0.39 is 0 Å². The van der Waals surface area contributed by atoms with Gasteiger partial charge >= 0.3 is 0 Å². The van der Waals surface area contributed by atoms with Gasteiger partial charge in [0.2, 0.25) is 0 Å². The van der Waals surface area contributed by atoms with Crippen molar-refractivity contribution in [3.05, 3.63) is 0 Å². The Morgan fingerprint density at radius 3 is 2.27 bits per heavy atom. The summed E-state index contributed by atoms with van der Waals surface area (Å²) < 4.78 is 0.